The quantitative estimate of drug-likeness (QED) is 0.890. The lowest BCUT2D eigenvalue weighted by Gasteiger charge is -2.05. The first-order chi connectivity index (χ1) is 10.2. The predicted molar refractivity (Wildman–Crippen MR) is 81.7 cm³/mol. The molecule has 0 atom stereocenters. The number of nitrogens with two attached hydrogens (primary N) is 1. The van der Waals surface area contributed by atoms with E-state index in [1.807, 2.05) is 16.8 Å². The highest BCUT2D eigenvalue weighted by Gasteiger charge is 2.26. The van der Waals surface area contributed by atoms with Crippen LogP contribution in [0.1, 0.15) is 33.7 Å². The number of nitrogens with zero attached hydrogens (tertiary/aromatic N) is 2. The van der Waals surface area contributed by atoms with E-state index >= 15 is 0 Å². The summed E-state index contributed by atoms with van der Waals surface area (Å²) in [6, 6.07) is 8.21. The Morgan fingerprint density at radius 2 is 2.10 bits per heavy atom. The summed E-state index contributed by atoms with van der Waals surface area (Å²) in [5.41, 5.74) is 10.5. The van der Waals surface area contributed by atoms with Gasteiger partial charge in [0.15, 0.2) is 5.69 Å². The van der Waals surface area contributed by atoms with Crippen molar-refractivity contribution in [1.29, 1.82) is 0 Å². The van der Waals surface area contributed by atoms with Gasteiger partial charge in [-0.3, -0.25) is 4.79 Å². The molecule has 0 saturated carbocycles. The first-order valence-electron chi connectivity index (χ1n) is 7.37. The van der Waals surface area contributed by atoms with Gasteiger partial charge in [0.05, 0.1) is 5.69 Å². The Morgan fingerprint density at radius 3 is 2.81 bits per heavy atom. The van der Waals surface area contributed by atoms with Crippen LogP contribution in [0.3, 0.4) is 0 Å². The molecule has 3 N–H and O–H groups in total. The number of aryl methyl sites for hydroxylation is 1. The molecule has 1 aliphatic rings. The number of rotatable bonds is 4. The Bertz CT molecular complexity index is 658. The molecule has 0 bridgehead atoms. The van der Waals surface area contributed by atoms with Crippen LogP contribution in [0.2, 0.25) is 0 Å². The summed E-state index contributed by atoms with van der Waals surface area (Å²) < 4.78 is 1.92. The average molecular weight is 284 g/mol. The molecule has 0 saturated heterocycles. The Hall–Kier alpha value is -2.14. The van der Waals surface area contributed by atoms with Gasteiger partial charge in [-0.05, 0) is 38.3 Å². The lowest BCUT2D eigenvalue weighted by molar-refractivity contribution is 0.0948. The summed E-state index contributed by atoms with van der Waals surface area (Å²) in [5, 5.41) is 7.36. The number of aromatic nitrogens is 2. The highest BCUT2D eigenvalue weighted by atomic mass is 16.1. The zero-order valence-electron chi connectivity index (χ0n) is 12.2. The fraction of sp³-hybridized carbons (Fsp3) is 0.375. The normalized spacial score (nSPS) is 13.2. The van der Waals surface area contributed by atoms with Crippen LogP contribution in [0, 0.1) is 6.92 Å². The zero-order valence-corrected chi connectivity index (χ0v) is 12.2. The van der Waals surface area contributed by atoms with E-state index < -0.39 is 0 Å². The van der Waals surface area contributed by atoms with Crippen molar-refractivity contribution in [2.45, 2.75) is 26.2 Å². The molecule has 3 rings (SSSR count). The van der Waals surface area contributed by atoms with Crippen LogP contribution in [0.5, 0.6) is 0 Å². The van der Waals surface area contributed by atoms with Crippen LogP contribution in [-0.4, -0.2) is 28.8 Å². The molecular weight excluding hydrogens is 264 g/mol. The second-order valence-electron chi connectivity index (χ2n) is 5.42. The predicted octanol–water partition coefficient (Wildman–Crippen LogP) is 1.36. The number of hydrogen-bond donors (Lipinski definition) is 2. The van der Waals surface area contributed by atoms with Crippen molar-refractivity contribution in [1.82, 2.24) is 15.1 Å². The summed E-state index contributed by atoms with van der Waals surface area (Å²) in [6.07, 6.45) is 2.98. The van der Waals surface area contributed by atoms with E-state index in [4.69, 9.17) is 5.73 Å². The fourth-order valence-electron chi connectivity index (χ4n) is 2.79. The van der Waals surface area contributed by atoms with E-state index in [2.05, 4.69) is 29.5 Å². The molecule has 0 spiro atoms. The maximum absolute atomic E-state index is 12.2. The highest BCUT2D eigenvalue weighted by Crippen LogP contribution is 2.27. The molecule has 5 nitrogen and oxygen atoms in total. The minimum absolute atomic E-state index is 0.121. The lowest BCUT2D eigenvalue weighted by Crippen LogP contribution is -2.30. The maximum atomic E-state index is 12.2. The topological polar surface area (TPSA) is 72.9 Å². The second kappa shape index (κ2) is 5.69. The van der Waals surface area contributed by atoms with Gasteiger partial charge in [0.25, 0.3) is 5.91 Å². The van der Waals surface area contributed by atoms with Crippen LogP contribution in [-0.2, 0) is 12.8 Å². The van der Waals surface area contributed by atoms with Gasteiger partial charge in [-0.15, -0.1) is 0 Å². The van der Waals surface area contributed by atoms with E-state index in [1.54, 1.807) is 0 Å². The van der Waals surface area contributed by atoms with Gasteiger partial charge in [-0.2, -0.15) is 5.10 Å². The zero-order chi connectivity index (χ0) is 14.8. The van der Waals surface area contributed by atoms with Gasteiger partial charge in [-0.25, -0.2) is 4.68 Å². The van der Waals surface area contributed by atoms with Crippen LogP contribution < -0.4 is 11.1 Å². The lowest BCUT2D eigenvalue weighted by atomic mass is 10.2. The average Bonchev–Trinajstić information content (AvgIpc) is 3.08. The molecular formula is C16H20N4O. The summed E-state index contributed by atoms with van der Waals surface area (Å²) in [5.74, 6) is -0.121. The van der Waals surface area contributed by atoms with E-state index in [0.717, 1.165) is 36.2 Å². The van der Waals surface area contributed by atoms with Crippen molar-refractivity contribution < 1.29 is 4.79 Å². The van der Waals surface area contributed by atoms with Gasteiger partial charge >= 0.3 is 0 Å². The standard InChI is InChI=1S/C16H20N4O/c1-11-5-7-12(8-6-11)20-14-4-2-3-13(14)15(19-20)16(21)18-10-9-17/h5-8H,2-4,9-10,17H2,1H3,(H,18,21). The maximum Gasteiger partial charge on any atom is 0.272 e. The second-order valence-corrected chi connectivity index (χ2v) is 5.42. The minimum Gasteiger partial charge on any atom is -0.349 e. The van der Waals surface area contributed by atoms with E-state index in [9.17, 15) is 4.79 Å². The molecule has 110 valence electrons. The molecule has 0 radical (unpaired) electrons. The minimum atomic E-state index is -0.121. The molecule has 0 unspecified atom stereocenters. The van der Waals surface area contributed by atoms with E-state index in [1.165, 1.54) is 5.56 Å². The summed E-state index contributed by atoms with van der Waals surface area (Å²) in [4.78, 5) is 12.2. The first-order valence-corrected chi connectivity index (χ1v) is 7.37. The Balaban J connectivity index is 1.99. The number of fused-ring (bicyclic) bond motifs is 1. The number of benzene rings is 1. The monoisotopic (exact) mass is 284 g/mol. The number of nitrogens with one attached hydrogen (secondary N) is 1. The number of carbonyl (C=O) groups excluding carboxylic acids is 1. The summed E-state index contributed by atoms with van der Waals surface area (Å²) in [6.45, 7) is 2.97. The molecule has 1 heterocycles. The molecule has 2 aromatic rings. The van der Waals surface area contributed by atoms with Gasteiger partial charge in [0, 0.05) is 24.3 Å². The van der Waals surface area contributed by atoms with Crippen molar-refractivity contribution in [2.24, 2.45) is 5.73 Å². The molecule has 1 aromatic carbocycles. The molecule has 1 aromatic heterocycles. The van der Waals surface area contributed by atoms with Crippen molar-refractivity contribution in [2.75, 3.05) is 13.1 Å². The van der Waals surface area contributed by atoms with Crippen molar-refractivity contribution in [3.8, 4) is 5.69 Å². The van der Waals surface area contributed by atoms with Crippen LogP contribution in [0.15, 0.2) is 24.3 Å². The van der Waals surface area contributed by atoms with Crippen molar-refractivity contribution in [3.63, 3.8) is 0 Å². The van der Waals surface area contributed by atoms with Gasteiger partial charge in [0.2, 0.25) is 0 Å². The Kier molecular flexibility index (Phi) is 3.75. The van der Waals surface area contributed by atoms with Crippen molar-refractivity contribution in [3.05, 3.63) is 46.8 Å². The Morgan fingerprint density at radius 1 is 1.33 bits per heavy atom. The van der Waals surface area contributed by atoms with Crippen LogP contribution in [0.4, 0.5) is 0 Å². The molecule has 5 heteroatoms. The van der Waals surface area contributed by atoms with E-state index in [0.29, 0.717) is 18.8 Å². The fourth-order valence-corrected chi connectivity index (χ4v) is 2.79. The SMILES string of the molecule is Cc1ccc(-n2nc(C(=O)NCCN)c3c2CCC3)cc1. The molecule has 0 fully saturated rings. The number of carbonyl (C=O) groups is 1. The first kappa shape index (κ1) is 13.8. The smallest absolute Gasteiger partial charge is 0.272 e. The molecule has 1 amide bonds. The summed E-state index contributed by atoms with van der Waals surface area (Å²) in [7, 11) is 0. The summed E-state index contributed by atoms with van der Waals surface area (Å²) >= 11 is 0. The van der Waals surface area contributed by atoms with Gasteiger partial charge in [-0.1, -0.05) is 17.7 Å². The van der Waals surface area contributed by atoms with E-state index in [-0.39, 0.29) is 5.91 Å². The molecule has 1 aliphatic carbocycles. The molecule has 21 heavy (non-hydrogen) atoms. The number of hydrogen-bond acceptors (Lipinski definition) is 3. The largest absolute Gasteiger partial charge is 0.349 e. The molecule has 0 aliphatic heterocycles. The third-order valence-electron chi connectivity index (χ3n) is 3.85. The van der Waals surface area contributed by atoms with Gasteiger partial charge in [0.1, 0.15) is 0 Å². The number of amides is 1. The van der Waals surface area contributed by atoms with Crippen LogP contribution in [0.25, 0.3) is 5.69 Å². The van der Waals surface area contributed by atoms with Gasteiger partial charge < -0.3 is 11.1 Å². The third-order valence-corrected chi connectivity index (χ3v) is 3.85. The van der Waals surface area contributed by atoms with Crippen molar-refractivity contribution >= 4 is 5.91 Å². The third kappa shape index (κ3) is 2.56. The van der Waals surface area contributed by atoms with Crippen LogP contribution >= 0.6 is 0 Å². The highest BCUT2D eigenvalue weighted by molar-refractivity contribution is 5.94. The Labute approximate surface area is 124 Å².